The summed E-state index contributed by atoms with van der Waals surface area (Å²) >= 11 is 0. The van der Waals surface area contributed by atoms with E-state index in [1.807, 2.05) is 48.5 Å². The normalized spacial score (nSPS) is 16.4. The summed E-state index contributed by atoms with van der Waals surface area (Å²) in [7, 11) is 0. The molecular formula is C31H36O5. The van der Waals surface area contributed by atoms with Gasteiger partial charge in [-0.1, -0.05) is 72.8 Å². The van der Waals surface area contributed by atoms with Crippen LogP contribution >= 0.6 is 0 Å². The summed E-state index contributed by atoms with van der Waals surface area (Å²) in [5.41, 5.74) is 5.55. The Morgan fingerprint density at radius 3 is 2.08 bits per heavy atom. The zero-order chi connectivity index (χ0) is 24.8. The molecule has 1 unspecified atom stereocenters. The molecule has 0 saturated carbocycles. The maximum absolute atomic E-state index is 9.85. The molecule has 1 aliphatic heterocycles. The number of aliphatic hydroxyl groups excluding tert-OH is 1. The standard InChI is InChI=1S/C31H36O5/c32-19-18-29(25-9-3-1-4-10-25)31(26-11-5-2-6-12-26)27-14-16-28(17-15-27)34-23-21-33-22-24-36-30-13-7-8-20-35-30/h1-6,9-12,14-17,30,32H,7-8,13,18-24H2/b31-29+. The average molecular weight is 489 g/mol. The average Bonchev–Trinajstić information content (AvgIpc) is 2.94. The van der Waals surface area contributed by atoms with Crippen LogP contribution in [-0.4, -0.2) is 51.0 Å². The van der Waals surface area contributed by atoms with Gasteiger partial charge in [-0.05, 0) is 65.7 Å². The molecule has 36 heavy (non-hydrogen) atoms. The van der Waals surface area contributed by atoms with E-state index in [1.165, 1.54) is 0 Å². The summed E-state index contributed by atoms with van der Waals surface area (Å²) < 4.78 is 22.8. The fourth-order valence-electron chi connectivity index (χ4n) is 4.40. The highest BCUT2D eigenvalue weighted by atomic mass is 16.7. The number of hydrogen-bond acceptors (Lipinski definition) is 5. The number of aliphatic hydroxyl groups is 1. The lowest BCUT2D eigenvalue weighted by Gasteiger charge is -2.22. The van der Waals surface area contributed by atoms with Crippen LogP contribution in [0.25, 0.3) is 11.1 Å². The lowest BCUT2D eigenvalue weighted by Crippen LogP contribution is -2.24. The molecule has 0 bridgehead atoms. The first-order valence-electron chi connectivity index (χ1n) is 12.8. The lowest BCUT2D eigenvalue weighted by atomic mass is 9.88. The fourth-order valence-corrected chi connectivity index (χ4v) is 4.40. The van der Waals surface area contributed by atoms with Crippen LogP contribution in [0.1, 0.15) is 42.4 Å². The molecule has 4 rings (SSSR count). The molecule has 190 valence electrons. The summed E-state index contributed by atoms with van der Waals surface area (Å²) in [6, 6.07) is 28.7. The maximum Gasteiger partial charge on any atom is 0.157 e. The van der Waals surface area contributed by atoms with Gasteiger partial charge in [0.1, 0.15) is 12.4 Å². The Labute approximate surface area is 214 Å². The van der Waals surface area contributed by atoms with E-state index in [-0.39, 0.29) is 12.9 Å². The van der Waals surface area contributed by atoms with Gasteiger partial charge in [-0.3, -0.25) is 0 Å². The summed E-state index contributed by atoms with van der Waals surface area (Å²) in [5.74, 6) is 0.796. The number of hydrogen-bond donors (Lipinski definition) is 1. The molecule has 1 saturated heterocycles. The zero-order valence-electron chi connectivity index (χ0n) is 20.8. The van der Waals surface area contributed by atoms with Gasteiger partial charge in [0.25, 0.3) is 0 Å². The van der Waals surface area contributed by atoms with Crippen molar-refractivity contribution in [2.75, 3.05) is 39.6 Å². The molecule has 3 aromatic carbocycles. The quantitative estimate of drug-likeness (QED) is 0.237. The van der Waals surface area contributed by atoms with E-state index >= 15 is 0 Å². The first kappa shape index (κ1) is 26.1. The molecule has 5 nitrogen and oxygen atoms in total. The molecule has 3 aromatic rings. The van der Waals surface area contributed by atoms with Gasteiger partial charge in [0.05, 0.1) is 19.8 Å². The molecule has 5 heteroatoms. The first-order chi connectivity index (χ1) is 17.8. The summed E-state index contributed by atoms with van der Waals surface area (Å²) in [4.78, 5) is 0. The van der Waals surface area contributed by atoms with Crippen molar-refractivity contribution in [3.63, 3.8) is 0 Å². The van der Waals surface area contributed by atoms with Crippen molar-refractivity contribution < 1.29 is 24.1 Å². The first-order valence-corrected chi connectivity index (χ1v) is 12.8. The van der Waals surface area contributed by atoms with Crippen molar-refractivity contribution in [1.29, 1.82) is 0 Å². The van der Waals surface area contributed by atoms with Crippen LogP contribution in [0.4, 0.5) is 0 Å². The van der Waals surface area contributed by atoms with Gasteiger partial charge in [-0.25, -0.2) is 0 Å². The Morgan fingerprint density at radius 1 is 0.750 bits per heavy atom. The minimum absolute atomic E-state index is 0.0771. The summed E-state index contributed by atoms with van der Waals surface area (Å²) in [6.07, 6.45) is 3.74. The van der Waals surface area contributed by atoms with Crippen LogP contribution < -0.4 is 4.74 Å². The molecule has 0 spiro atoms. The monoisotopic (exact) mass is 488 g/mol. The Morgan fingerprint density at radius 2 is 1.42 bits per heavy atom. The van der Waals surface area contributed by atoms with Crippen molar-refractivity contribution in [3.8, 4) is 5.75 Å². The van der Waals surface area contributed by atoms with E-state index < -0.39 is 0 Å². The van der Waals surface area contributed by atoms with Crippen molar-refractivity contribution in [3.05, 3.63) is 102 Å². The van der Waals surface area contributed by atoms with Crippen molar-refractivity contribution in [2.45, 2.75) is 32.0 Å². The topological polar surface area (TPSA) is 57.2 Å². The number of benzene rings is 3. The molecule has 1 aliphatic rings. The zero-order valence-corrected chi connectivity index (χ0v) is 20.8. The van der Waals surface area contributed by atoms with Gasteiger partial charge in [-0.2, -0.15) is 0 Å². The molecular weight excluding hydrogens is 452 g/mol. The second-order valence-corrected chi connectivity index (χ2v) is 8.71. The van der Waals surface area contributed by atoms with Crippen LogP contribution in [0.5, 0.6) is 5.75 Å². The fraction of sp³-hybridized carbons (Fsp3) is 0.355. The van der Waals surface area contributed by atoms with Gasteiger partial charge < -0.3 is 24.1 Å². The van der Waals surface area contributed by atoms with Crippen LogP contribution in [0, 0.1) is 0 Å². The van der Waals surface area contributed by atoms with Crippen molar-refractivity contribution in [2.24, 2.45) is 0 Å². The second-order valence-electron chi connectivity index (χ2n) is 8.71. The molecule has 0 radical (unpaired) electrons. The van der Waals surface area contributed by atoms with Gasteiger partial charge >= 0.3 is 0 Å². The molecule has 1 N–H and O–H groups in total. The van der Waals surface area contributed by atoms with Crippen molar-refractivity contribution >= 4 is 11.1 Å². The van der Waals surface area contributed by atoms with Gasteiger partial charge in [0, 0.05) is 13.2 Å². The molecule has 0 amide bonds. The van der Waals surface area contributed by atoms with E-state index in [0.717, 1.165) is 59.5 Å². The third kappa shape index (κ3) is 7.77. The van der Waals surface area contributed by atoms with Crippen LogP contribution in [0.15, 0.2) is 84.9 Å². The highest BCUT2D eigenvalue weighted by molar-refractivity contribution is 5.98. The van der Waals surface area contributed by atoms with Crippen LogP contribution in [-0.2, 0) is 14.2 Å². The summed E-state index contributed by atoms with van der Waals surface area (Å²) in [5, 5.41) is 9.85. The van der Waals surface area contributed by atoms with E-state index in [0.29, 0.717) is 32.8 Å². The Hall–Kier alpha value is -2.96. The van der Waals surface area contributed by atoms with Crippen LogP contribution in [0.2, 0.25) is 0 Å². The van der Waals surface area contributed by atoms with Gasteiger partial charge in [0.15, 0.2) is 6.29 Å². The molecule has 1 atom stereocenters. The van der Waals surface area contributed by atoms with E-state index in [1.54, 1.807) is 0 Å². The SMILES string of the molecule is OCC/C(=C(/c1ccccc1)c1ccc(OCCOCCOC2CCCCO2)cc1)c1ccccc1. The van der Waals surface area contributed by atoms with E-state index in [4.69, 9.17) is 18.9 Å². The highest BCUT2D eigenvalue weighted by Crippen LogP contribution is 2.34. The lowest BCUT2D eigenvalue weighted by molar-refractivity contribution is -0.169. The van der Waals surface area contributed by atoms with E-state index in [2.05, 4.69) is 36.4 Å². The van der Waals surface area contributed by atoms with Gasteiger partial charge in [0.2, 0.25) is 0 Å². The van der Waals surface area contributed by atoms with Crippen LogP contribution in [0.3, 0.4) is 0 Å². The van der Waals surface area contributed by atoms with Crippen molar-refractivity contribution in [1.82, 2.24) is 0 Å². The third-order valence-corrected chi connectivity index (χ3v) is 6.16. The predicted molar refractivity (Wildman–Crippen MR) is 143 cm³/mol. The molecule has 1 fully saturated rings. The summed E-state index contributed by atoms with van der Waals surface area (Å²) in [6.45, 7) is 2.91. The minimum Gasteiger partial charge on any atom is -0.491 e. The molecule has 0 aromatic heterocycles. The van der Waals surface area contributed by atoms with Gasteiger partial charge in [-0.15, -0.1) is 0 Å². The highest BCUT2D eigenvalue weighted by Gasteiger charge is 2.15. The Kier molecular flexibility index (Phi) is 10.6. The smallest absolute Gasteiger partial charge is 0.157 e. The second kappa shape index (κ2) is 14.6. The third-order valence-electron chi connectivity index (χ3n) is 6.16. The Balaban J connectivity index is 1.37. The van der Waals surface area contributed by atoms with E-state index in [9.17, 15) is 5.11 Å². The minimum atomic E-state index is -0.0771. The molecule has 0 aliphatic carbocycles. The number of ether oxygens (including phenoxy) is 4. The molecule has 1 heterocycles. The largest absolute Gasteiger partial charge is 0.491 e. The Bertz CT molecular complexity index is 1040. The maximum atomic E-state index is 9.85. The number of rotatable bonds is 13. The predicted octanol–water partition coefficient (Wildman–Crippen LogP) is 5.97.